The van der Waals surface area contributed by atoms with Crippen molar-refractivity contribution in [1.82, 2.24) is 10.2 Å². The highest BCUT2D eigenvalue weighted by molar-refractivity contribution is 7.92. The highest BCUT2D eigenvalue weighted by Crippen LogP contribution is 2.22. The molecular formula is C27H36ClN3O5S. The number of sulfonamides is 1. The van der Waals surface area contributed by atoms with E-state index in [9.17, 15) is 18.0 Å². The number of methoxy groups -OCH3 is 1. The van der Waals surface area contributed by atoms with Gasteiger partial charge >= 0.3 is 0 Å². The molecule has 1 atom stereocenters. The van der Waals surface area contributed by atoms with E-state index in [0.717, 1.165) is 37.5 Å². The molecule has 0 spiro atoms. The monoisotopic (exact) mass is 549 g/mol. The highest BCUT2D eigenvalue weighted by Gasteiger charge is 2.29. The minimum atomic E-state index is -3.56. The number of ether oxygens (including phenoxy) is 1. The van der Waals surface area contributed by atoms with Gasteiger partial charge in [-0.15, -0.1) is 0 Å². The summed E-state index contributed by atoms with van der Waals surface area (Å²) in [5.74, 6) is 0.267. The number of hydrogen-bond acceptors (Lipinski definition) is 5. The van der Waals surface area contributed by atoms with E-state index in [1.54, 1.807) is 43.2 Å². The zero-order valence-electron chi connectivity index (χ0n) is 21.7. The number of nitrogens with one attached hydrogen (secondary N) is 1. The SMILES string of the molecule is COc1cccc(CN(C(=O)CCCN(c2ccc(Cl)cc2)S(C)(=O)=O)[C@@H](C)C(=O)NC2CCCC2)c1. The summed E-state index contributed by atoms with van der Waals surface area (Å²) in [7, 11) is -1.98. The lowest BCUT2D eigenvalue weighted by molar-refractivity contribution is -0.141. The van der Waals surface area contributed by atoms with Crippen molar-refractivity contribution in [3.05, 3.63) is 59.1 Å². The Kier molecular flexibility index (Phi) is 10.2. The topological polar surface area (TPSA) is 96.0 Å². The van der Waals surface area contributed by atoms with E-state index in [2.05, 4.69) is 5.32 Å². The van der Waals surface area contributed by atoms with Crippen LogP contribution in [0.25, 0.3) is 0 Å². The Balaban J connectivity index is 1.72. The fourth-order valence-electron chi connectivity index (χ4n) is 4.55. The molecule has 1 aliphatic rings. The first-order chi connectivity index (χ1) is 17.6. The molecule has 1 N–H and O–H groups in total. The van der Waals surface area contributed by atoms with Crippen LogP contribution in [0.1, 0.15) is 51.0 Å². The lowest BCUT2D eigenvalue weighted by Gasteiger charge is -2.30. The van der Waals surface area contributed by atoms with Crippen LogP contribution in [0.4, 0.5) is 5.69 Å². The molecule has 0 radical (unpaired) electrons. The number of rotatable bonds is 12. The van der Waals surface area contributed by atoms with E-state index in [-0.39, 0.29) is 37.4 Å². The first kappa shape index (κ1) is 28.8. The molecule has 0 saturated heterocycles. The third-order valence-electron chi connectivity index (χ3n) is 6.62. The molecule has 0 bridgehead atoms. The van der Waals surface area contributed by atoms with Crippen molar-refractivity contribution in [3.63, 3.8) is 0 Å². The summed E-state index contributed by atoms with van der Waals surface area (Å²) >= 11 is 5.95. The molecule has 0 aliphatic heterocycles. The van der Waals surface area contributed by atoms with Crippen LogP contribution < -0.4 is 14.4 Å². The van der Waals surface area contributed by atoms with Crippen molar-refractivity contribution in [2.75, 3.05) is 24.2 Å². The minimum absolute atomic E-state index is 0.0879. The van der Waals surface area contributed by atoms with E-state index in [4.69, 9.17) is 16.3 Å². The van der Waals surface area contributed by atoms with Crippen LogP contribution in [0.15, 0.2) is 48.5 Å². The largest absolute Gasteiger partial charge is 0.497 e. The second-order valence-corrected chi connectivity index (χ2v) is 11.8. The fourth-order valence-corrected chi connectivity index (χ4v) is 5.64. The van der Waals surface area contributed by atoms with Gasteiger partial charge in [-0.25, -0.2) is 8.42 Å². The van der Waals surface area contributed by atoms with Gasteiger partial charge in [-0.3, -0.25) is 13.9 Å². The van der Waals surface area contributed by atoms with Crippen LogP contribution in [0.3, 0.4) is 0 Å². The van der Waals surface area contributed by atoms with Gasteiger partial charge in [0, 0.05) is 30.6 Å². The molecule has 0 unspecified atom stereocenters. The van der Waals surface area contributed by atoms with Crippen molar-refractivity contribution < 1.29 is 22.7 Å². The van der Waals surface area contributed by atoms with Crippen LogP contribution in [0, 0.1) is 0 Å². The summed E-state index contributed by atoms with van der Waals surface area (Å²) in [5, 5.41) is 3.59. The number of hydrogen-bond donors (Lipinski definition) is 1. The van der Waals surface area contributed by atoms with Gasteiger partial charge in [-0.2, -0.15) is 0 Å². The van der Waals surface area contributed by atoms with Gasteiger partial charge in [-0.1, -0.05) is 36.6 Å². The zero-order valence-corrected chi connectivity index (χ0v) is 23.2. The van der Waals surface area contributed by atoms with Gasteiger partial charge < -0.3 is 15.0 Å². The summed E-state index contributed by atoms with van der Waals surface area (Å²) in [4.78, 5) is 28.0. The molecule has 3 rings (SSSR count). The Morgan fingerprint density at radius 3 is 2.43 bits per heavy atom. The molecule has 1 aliphatic carbocycles. The predicted molar refractivity (Wildman–Crippen MR) is 146 cm³/mol. The standard InChI is InChI=1S/C27H36ClN3O5S/c1-20(27(33)29-23-9-4-5-10-23)30(19-21-8-6-11-25(18-21)36-2)26(32)12-7-17-31(37(3,34)35)24-15-13-22(28)14-16-24/h6,8,11,13-16,18,20,23H,4-5,7,9-10,12,17,19H2,1-3H3,(H,29,33)/t20-/m0/s1. The second-order valence-electron chi connectivity index (χ2n) is 9.45. The number of nitrogens with zero attached hydrogens (tertiary/aromatic N) is 2. The maximum absolute atomic E-state index is 13.4. The summed E-state index contributed by atoms with van der Waals surface area (Å²) < 4.78 is 31.4. The Labute approximate surface area is 225 Å². The van der Waals surface area contributed by atoms with E-state index in [1.807, 2.05) is 24.3 Å². The molecule has 202 valence electrons. The van der Waals surface area contributed by atoms with Gasteiger partial charge in [0.25, 0.3) is 0 Å². The maximum Gasteiger partial charge on any atom is 0.242 e. The normalized spacial score (nSPS) is 14.7. The first-order valence-electron chi connectivity index (χ1n) is 12.5. The predicted octanol–water partition coefficient (Wildman–Crippen LogP) is 4.37. The molecule has 0 heterocycles. The van der Waals surface area contributed by atoms with Gasteiger partial charge in [0.05, 0.1) is 19.1 Å². The zero-order chi connectivity index (χ0) is 27.0. The molecule has 2 amide bonds. The summed E-state index contributed by atoms with van der Waals surface area (Å²) in [6.45, 7) is 2.10. The number of carbonyl (C=O) groups excluding carboxylic acids is 2. The molecule has 10 heteroatoms. The molecule has 8 nitrogen and oxygen atoms in total. The smallest absolute Gasteiger partial charge is 0.242 e. The van der Waals surface area contributed by atoms with Gasteiger partial charge in [0.1, 0.15) is 11.8 Å². The number of halogens is 1. The summed E-state index contributed by atoms with van der Waals surface area (Å²) in [6.07, 6.45) is 5.60. The first-order valence-corrected chi connectivity index (χ1v) is 14.8. The summed E-state index contributed by atoms with van der Waals surface area (Å²) in [6, 6.07) is 13.4. The van der Waals surface area contributed by atoms with Crippen molar-refractivity contribution >= 4 is 39.1 Å². The minimum Gasteiger partial charge on any atom is -0.497 e. The van der Waals surface area contributed by atoms with Gasteiger partial charge in [-0.05, 0) is 68.1 Å². The third-order valence-corrected chi connectivity index (χ3v) is 8.07. The molecular weight excluding hydrogens is 514 g/mol. The average Bonchev–Trinajstić information content (AvgIpc) is 3.38. The van der Waals surface area contributed by atoms with Gasteiger partial charge in [0.15, 0.2) is 0 Å². The number of benzene rings is 2. The molecule has 0 aromatic heterocycles. The van der Waals surface area contributed by atoms with Crippen molar-refractivity contribution in [2.24, 2.45) is 0 Å². The van der Waals surface area contributed by atoms with Crippen molar-refractivity contribution in [3.8, 4) is 5.75 Å². The Hall–Kier alpha value is -2.78. The second kappa shape index (κ2) is 13.1. The third kappa shape index (κ3) is 8.36. The Morgan fingerprint density at radius 1 is 1.14 bits per heavy atom. The van der Waals surface area contributed by atoms with E-state index < -0.39 is 16.1 Å². The molecule has 2 aromatic carbocycles. The molecule has 1 saturated carbocycles. The molecule has 2 aromatic rings. The molecule has 1 fully saturated rings. The quantitative estimate of drug-likeness (QED) is 0.424. The number of carbonyl (C=O) groups is 2. The van der Waals surface area contributed by atoms with E-state index in [0.29, 0.717) is 22.9 Å². The lowest BCUT2D eigenvalue weighted by atomic mass is 10.1. The Bertz CT molecular complexity index is 1170. The van der Waals surface area contributed by atoms with Crippen LogP contribution in [-0.4, -0.2) is 57.1 Å². The fraction of sp³-hybridized carbons (Fsp3) is 0.481. The van der Waals surface area contributed by atoms with Gasteiger partial charge in [0.2, 0.25) is 21.8 Å². The number of anilines is 1. The lowest BCUT2D eigenvalue weighted by Crippen LogP contribution is -2.49. The Morgan fingerprint density at radius 2 is 1.81 bits per heavy atom. The van der Waals surface area contributed by atoms with Crippen LogP contribution in [0.2, 0.25) is 5.02 Å². The average molecular weight is 550 g/mol. The number of amides is 2. The van der Waals surface area contributed by atoms with Crippen LogP contribution in [0.5, 0.6) is 5.75 Å². The van der Waals surface area contributed by atoms with Crippen LogP contribution >= 0.6 is 11.6 Å². The van der Waals surface area contributed by atoms with Crippen LogP contribution in [-0.2, 0) is 26.2 Å². The maximum atomic E-state index is 13.4. The van der Waals surface area contributed by atoms with E-state index >= 15 is 0 Å². The van der Waals surface area contributed by atoms with E-state index in [1.165, 1.54) is 4.31 Å². The van der Waals surface area contributed by atoms with Crippen molar-refractivity contribution in [1.29, 1.82) is 0 Å². The van der Waals surface area contributed by atoms with Crippen molar-refractivity contribution in [2.45, 2.75) is 64.1 Å². The highest BCUT2D eigenvalue weighted by atomic mass is 35.5. The summed E-state index contributed by atoms with van der Waals surface area (Å²) in [5.41, 5.74) is 1.32. The molecule has 37 heavy (non-hydrogen) atoms.